The van der Waals surface area contributed by atoms with Gasteiger partial charge in [-0.1, -0.05) is 29.8 Å². The van der Waals surface area contributed by atoms with Crippen molar-refractivity contribution in [1.82, 2.24) is 10.2 Å². The Kier molecular flexibility index (Phi) is 4.99. The number of rotatable bonds is 5. The van der Waals surface area contributed by atoms with Gasteiger partial charge < -0.3 is 10.1 Å². The van der Waals surface area contributed by atoms with Crippen molar-refractivity contribution in [2.45, 2.75) is 13.5 Å². The number of H-pyrrole nitrogens is 1. The molecule has 3 aromatic rings. The quantitative estimate of drug-likeness (QED) is 0.653. The topological polar surface area (TPSA) is 79.0 Å². The van der Waals surface area contributed by atoms with E-state index in [0.29, 0.717) is 12.2 Å². The van der Waals surface area contributed by atoms with E-state index in [1.807, 2.05) is 30.5 Å². The van der Waals surface area contributed by atoms with Gasteiger partial charge in [0.05, 0.1) is 19.0 Å². The normalized spacial score (nSPS) is 10.3. The van der Waals surface area contributed by atoms with Crippen molar-refractivity contribution in [3.63, 3.8) is 0 Å². The lowest BCUT2D eigenvalue weighted by atomic mass is 10.1. The van der Waals surface area contributed by atoms with Crippen LogP contribution < -0.4 is 10.6 Å². The van der Waals surface area contributed by atoms with E-state index >= 15 is 0 Å². The fourth-order valence-electron chi connectivity index (χ4n) is 2.57. The first kappa shape index (κ1) is 16.6. The first-order chi connectivity index (χ1) is 12.2. The molecule has 25 heavy (non-hydrogen) atoms. The Labute approximate surface area is 146 Å². The summed E-state index contributed by atoms with van der Waals surface area (Å²) in [6.07, 6.45) is 1.33. The van der Waals surface area contributed by atoms with Gasteiger partial charge in [0, 0.05) is 29.0 Å². The lowest BCUT2D eigenvalue weighted by molar-refractivity contribution is 0.187. The Morgan fingerprint density at radius 3 is 2.76 bits per heavy atom. The molecular formula is C19H20N4O2. The molecule has 0 atom stereocenters. The molecule has 0 fully saturated rings. The van der Waals surface area contributed by atoms with Crippen LogP contribution >= 0.6 is 0 Å². The maximum absolute atomic E-state index is 11.3. The van der Waals surface area contributed by atoms with Gasteiger partial charge in [-0.05, 0) is 31.2 Å². The number of methoxy groups -OCH3 is 1. The minimum atomic E-state index is -0.492. The summed E-state index contributed by atoms with van der Waals surface area (Å²) >= 11 is 0. The zero-order valence-electron chi connectivity index (χ0n) is 14.2. The second-order valence-corrected chi connectivity index (χ2v) is 5.69. The monoisotopic (exact) mass is 336 g/mol. The number of hydrogen-bond acceptors (Lipinski definition) is 4. The Hall–Kier alpha value is -3.28. The lowest BCUT2D eigenvalue weighted by Crippen LogP contribution is -2.11. The molecule has 0 radical (unpaired) electrons. The number of carbonyl (C=O) groups is 1. The zero-order chi connectivity index (χ0) is 17.6. The molecule has 0 bridgehead atoms. The summed E-state index contributed by atoms with van der Waals surface area (Å²) in [6, 6.07) is 15.7. The van der Waals surface area contributed by atoms with Gasteiger partial charge in [0.25, 0.3) is 0 Å². The summed E-state index contributed by atoms with van der Waals surface area (Å²) in [5, 5.41) is 13.2. The van der Waals surface area contributed by atoms with Crippen LogP contribution in [0.2, 0.25) is 0 Å². The predicted octanol–water partition coefficient (Wildman–Crippen LogP) is 4.18. The second kappa shape index (κ2) is 7.53. The summed E-state index contributed by atoms with van der Waals surface area (Å²) in [6.45, 7) is 2.68. The molecule has 1 amide bonds. The molecular weight excluding hydrogens is 316 g/mol. The average Bonchev–Trinajstić information content (AvgIpc) is 3.09. The van der Waals surface area contributed by atoms with Crippen LogP contribution in [0.25, 0.3) is 11.3 Å². The Balaban J connectivity index is 1.72. The van der Waals surface area contributed by atoms with E-state index in [-0.39, 0.29) is 0 Å². The van der Waals surface area contributed by atoms with E-state index in [9.17, 15) is 4.79 Å². The van der Waals surface area contributed by atoms with E-state index in [2.05, 4.69) is 50.7 Å². The summed E-state index contributed by atoms with van der Waals surface area (Å²) < 4.78 is 4.60. The number of aromatic nitrogens is 2. The van der Waals surface area contributed by atoms with Crippen molar-refractivity contribution in [3.8, 4) is 11.3 Å². The fraction of sp³-hybridized carbons (Fsp3) is 0.158. The molecule has 0 aliphatic rings. The number of amides is 1. The Bertz CT molecular complexity index is 873. The minimum Gasteiger partial charge on any atom is -0.453 e. The molecule has 0 saturated heterocycles. The van der Waals surface area contributed by atoms with E-state index in [4.69, 9.17) is 0 Å². The molecule has 0 saturated carbocycles. The predicted molar refractivity (Wildman–Crippen MR) is 98.6 cm³/mol. The van der Waals surface area contributed by atoms with Crippen LogP contribution in [0.15, 0.2) is 54.7 Å². The molecule has 6 heteroatoms. The molecule has 1 heterocycles. The van der Waals surface area contributed by atoms with Crippen LogP contribution in [0.1, 0.15) is 11.1 Å². The number of aromatic amines is 1. The summed E-state index contributed by atoms with van der Waals surface area (Å²) in [4.78, 5) is 11.3. The van der Waals surface area contributed by atoms with Gasteiger partial charge in [-0.15, -0.1) is 0 Å². The molecule has 0 aliphatic heterocycles. The number of nitrogens with zero attached hydrogens (tertiary/aromatic N) is 1. The molecule has 1 aromatic heterocycles. The zero-order valence-corrected chi connectivity index (χ0v) is 14.2. The highest BCUT2D eigenvalue weighted by Gasteiger charge is 2.08. The number of aryl methyl sites for hydroxylation is 1. The Morgan fingerprint density at radius 2 is 1.96 bits per heavy atom. The Morgan fingerprint density at radius 1 is 1.16 bits per heavy atom. The highest BCUT2D eigenvalue weighted by molar-refractivity contribution is 5.85. The van der Waals surface area contributed by atoms with Crippen molar-refractivity contribution in [1.29, 1.82) is 0 Å². The highest BCUT2D eigenvalue weighted by atomic mass is 16.5. The molecule has 3 rings (SSSR count). The van der Waals surface area contributed by atoms with Crippen molar-refractivity contribution in [3.05, 3.63) is 65.9 Å². The summed E-state index contributed by atoms with van der Waals surface area (Å²) in [5.41, 5.74) is 5.94. The van der Waals surface area contributed by atoms with Crippen LogP contribution in [0.4, 0.5) is 16.2 Å². The largest absolute Gasteiger partial charge is 0.453 e. The van der Waals surface area contributed by atoms with Crippen molar-refractivity contribution < 1.29 is 9.53 Å². The van der Waals surface area contributed by atoms with Gasteiger partial charge in [0.2, 0.25) is 0 Å². The molecule has 6 nitrogen and oxygen atoms in total. The summed E-state index contributed by atoms with van der Waals surface area (Å²) in [7, 11) is 1.34. The third kappa shape index (κ3) is 4.17. The van der Waals surface area contributed by atoms with Gasteiger partial charge in [-0.25, -0.2) is 4.79 Å². The molecule has 3 N–H and O–H groups in total. The molecule has 2 aromatic carbocycles. The third-order valence-corrected chi connectivity index (χ3v) is 3.80. The number of benzene rings is 2. The number of ether oxygens (including phenoxy) is 1. The maximum atomic E-state index is 11.3. The van der Waals surface area contributed by atoms with E-state index in [1.165, 1.54) is 12.7 Å². The molecule has 0 spiro atoms. The van der Waals surface area contributed by atoms with E-state index in [1.54, 1.807) is 6.07 Å². The standard InChI is InChI=1S/C19H20N4O2/c1-13-5-3-6-14(9-13)18-15(12-21-23-18)11-20-16-7-4-8-17(10-16)22-19(24)25-2/h3-10,12,20H,11H2,1-2H3,(H,21,23)(H,22,24). The van der Waals surface area contributed by atoms with Gasteiger partial charge >= 0.3 is 6.09 Å². The van der Waals surface area contributed by atoms with Gasteiger partial charge in [0.1, 0.15) is 0 Å². The van der Waals surface area contributed by atoms with Crippen LogP contribution in [0, 0.1) is 6.92 Å². The van der Waals surface area contributed by atoms with Gasteiger partial charge in [-0.3, -0.25) is 10.4 Å². The SMILES string of the molecule is COC(=O)Nc1cccc(NCc2cn[nH]c2-c2cccc(C)c2)c1. The second-order valence-electron chi connectivity index (χ2n) is 5.69. The lowest BCUT2D eigenvalue weighted by Gasteiger charge is -2.10. The molecule has 128 valence electrons. The molecule has 0 aliphatic carbocycles. The van der Waals surface area contributed by atoms with Crippen molar-refractivity contribution in [2.75, 3.05) is 17.7 Å². The average molecular weight is 336 g/mol. The smallest absolute Gasteiger partial charge is 0.411 e. The highest BCUT2D eigenvalue weighted by Crippen LogP contribution is 2.23. The number of hydrogen-bond donors (Lipinski definition) is 3. The van der Waals surface area contributed by atoms with Crippen LogP contribution in [0.5, 0.6) is 0 Å². The van der Waals surface area contributed by atoms with E-state index < -0.39 is 6.09 Å². The summed E-state index contributed by atoms with van der Waals surface area (Å²) in [5.74, 6) is 0. The first-order valence-corrected chi connectivity index (χ1v) is 7.94. The van der Waals surface area contributed by atoms with Crippen LogP contribution in [0.3, 0.4) is 0 Å². The number of anilines is 2. The number of nitrogens with one attached hydrogen (secondary N) is 3. The van der Waals surface area contributed by atoms with E-state index in [0.717, 1.165) is 22.5 Å². The molecule has 0 unspecified atom stereocenters. The van der Waals surface area contributed by atoms with Crippen LogP contribution in [-0.2, 0) is 11.3 Å². The fourth-order valence-corrected chi connectivity index (χ4v) is 2.57. The van der Waals surface area contributed by atoms with Crippen LogP contribution in [-0.4, -0.2) is 23.4 Å². The first-order valence-electron chi connectivity index (χ1n) is 7.94. The maximum Gasteiger partial charge on any atom is 0.411 e. The van der Waals surface area contributed by atoms with Crippen molar-refractivity contribution in [2.24, 2.45) is 0 Å². The van der Waals surface area contributed by atoms with Crippen molar-refractivity contribution >= 4 is 17.5 Å². The van der Waals surface area contributed by atoms with Gasteiger partial charge in [-0.2, -0.15) is 5.10 Å². The number of carbonyl (C=O) groups excluding carboxylic acids is 1. The third-order valence-electron chi connectivity index (χ3n) is 3.80. The minimum absolute atomic E-state index is 0.492. The van der Waals surface area contributed by atoms with Gasteiger partial charge in [0.15, 0.2) is 0 Å².